The lowest BCUT2D eigenvalue weighted by molar-refractivity contribution is -0.297. The summed E-state index contributed by atoms with van der Waals surface area (Å²) in [5.74, 6) is -2.04. The molecule has 0 bridgehead atoms. The lowest BCUT2D eigenvalue weighted by Gasteiger charge is -2.40. The first-order chi connectivity index (χ1) is 30.0. The molecule has 0 radical (unpaired) electrons. The van der Waals surface area contributed by atoms with Gasteiger partial charge in [0.05, 0.1) is 6.61 Å². The average molecular weight is 897 g/mol. The molecule has 1 rings (SSSR count). The Labute approximate surface area is 375 Å². The van der Waals surface area contributed by atoms with Crippen LogP contribution in [0, 0.1) is 0 Å². The fraction of sp³-hybridized carbons (Fsp3) is 0.755. The highest BCUT2D eigenvalue weighted by Gasteiger charge is 2.46. The van der Waals surface area contributed by atoms with Gasteiger partial charge in [0.2, 0.25) is 0 Å². The summed E-state index contributed by atoms with van der Waals surface area (Å²) in [6.07, 6.45) is 38.5. The first kappa shape index (κ1) is 57.4. The summed E-state index contributed by atoms with van der Waals surface area (Å²) < 4.78 is 54.0. The molecule has 1 fully saturated rings. The highest BCUT2D eigenvalue weighted by molar-refractivity contribution is 7.85. The summed E-state index contributed by atoms with van der Waals surface area (Å²) >= 11 is 0. The number of esters is 2. The third kappa shape index (κ3) is 32.9. The molecule has 358 valence electrons. The van der Waals surface area contributed by atoms with E-state index in [1.807, 2.05) is 36.5 Å². The zero-order valence-corrected chi connectivity index (χ0v) is 39.0. The zero-order valence-electron chi connectivity index (χ0n) is 38.2. The predicted molar refractivity (Wildman–Crippen MR) is 247 cm³/mol. The number of ether oxygens (including phenoxy) is 4. The van der Waals surface area contributed by atoms with Gasteiger partial charge in [-0.3, -0.25) is 14.1 Å². The summed E-state index contributed by atoms with van der Waals surface area (Å²) in [6, 6.07) is 0. The molecule has 1 heterocycles. The van der Waals surface area contributed by atoms with Crippen LogP contribution in [-0.4, -0.2) is 96.0 Å². The van der Waals surface area contributed by atoms with Crippen molar-refractivity contribution in [3.63, 3.8) is 0 Å². The molecule has 0 aromatic heterocycles. The second kappa shape index (κ2) is 38.8. The Balaban J connectivity index is 2.40. The smallest absolute Gasteiger partial charge is 0.306 e. The van der Waals surface area contributed by atoms with Gasteiger partial charge in [-0.15, -0.1) is 0 Å². The van der Waals surface area contributed by atoms with Gasteiger partial charge in [-0.2, -0.15) is 8.42 Å². The summed E-state index contributed by atoms with van der Waals surface area (Å²) in [4.78, 5) is 25.4. The van der Waals surface area contributed by atoms with E-state index in [0.29, 0.717) is 12.8 Å². The predicted octanol–water partition coefficient (Wildman–Crippen LogP) is 10.1. The van der Waals surface area contributed by atoms with Crippen molar-refractivity contribution in [3.8, 4) is 0 Å². The van der Waals surface area contributed by atoms with E-state index in [9.17, 15) is 37.9 Å². The normalized spacial score (nSPS) is 20.4. The van der Waals surface area contributed by atoms with Crippen molar-refractivity contribution in [1.82, 2.24) is 0 Å². The number of hydrogen-bond donors (Lipinski definition) is 4. The van der Waals surface area contributed by atoms with Crippen molar-refractivity contribution in [2.45, 2.75) is 218 Å². The lowest BCUT2D eigenvalue weighted by atomic mass is 10.00. The molecule has 4 N–H and O–H groups in total. The van der Waals surface area contributed by atoms with E-state index in [4.69, 9.17) is 18.9 Å². The van der Waals surface area contributed by atoms with Gasteiger partial charge in [-0.05, 0) is 57.8 Å². The summed E-state index contributed by atoms with van der Waals surface area (Å²) in [5, 5.41) is 30.9. The van der Waals surface area contributed by atoms with Crippen molar-refractivity contribution >= 4 is 22.1 Å². The summed E-state index contributed by atoms with van der Waals surface area (Å²) in [5.41, 5.74) is 0. The van der Waals surface area contributed by atoms with E-state index in [2.05, 4.69) is 38.2 Å². The Morgan fingerprint density at radius 1 is 0.565 bits per heavy atom. The van der Waals surface area contributed by atoms with Crippen molar-refractivity contribution in [3.05, 3.63) is 60.8 Å². The van der Waals surface area contributed by atoms with Crippen LogP contribution in [0.3, 0.4) is 0 Å². The Hall–Kier alpha value is -2.65. The quantitative estimate of drug-likeness (QED) is 0.0151. The van der Waals surface area contributed by atoms with Gasteiger partial charge in [0.25, 0.3) is 10.1 Å². The molecule has 0 saturated carbocycles. The molecular formula is C49H84O12S. The Morgan fingerprint density at radius 2 is 1.03 bits per heavy atom. The fourth-order valence-corrected chi connectivity index (χ4v) is 7.67. The highest BCUT2D eigenvalue weighted by atomic mass is 32.2. The number of carbonyl (C=O) groups is 2. The fourth-order valence-electron chi connectivity index (χ4n) is 6.98. The number of carbonyl (C=O) groups excluding carboxylic acids is 2. The van der Waals surface area contributed by atoms with Crippen LogP contribution in [0.15, 0.2) is 60.8 Å². The lowest BCUT2D eigenvalue weighted by Crippen LogP contribution is -2.60. The van der Waals surface area contributed by atoms with Gasteiger partial charge in [-0.25, -0.2) is 0 Å². The van der Waals surface area contributed by atoms with Gasteiger partial charge in [0, 0.05) is 12.8 Å². The van der Waals surface area contributed by atoms with E-state index in [1.165, 1.54) is 89.9 Å². The largest absolute Gasteiger partial charge is 0.462 e. The van der Waals surface area contributed by atoms with Gasteiger partial charge >= 0.3 is 11.9 Å². The Kier molecular flexibility index (Phi) is 35.9. The van der Waals surface area contributed by atoms with Crippen LogP contribution >= 0.6 is 0 Å². The molecule has 3 unspecified atom stereocenters. The third-order valence-electron chi connectivity index (χ3n) is 10.7. The topological polar surface area (TPSA) is 186 Å². The molecule has 6 atom stereocenters. The minimum atomic E-state index is -4.61. The first-order valence-electron chi connectivity index (χ1n) is 23.9. The van der Waals surface area contributed by atoms with Crippen molar-refractivity contribution in [2.75, 3.05) is 19.0 Å². The molecule has 0 amide bonds. The Morgan fingerprint density at radius 3 is 1.58 bits per heavy atom. The second-order valence-electron chi connectivity index (χ2n) is 16.5. The Bertz CT molecular complexity index is 1370. The standard InChI is InChI=1S/C49H84O12S/c1-3-5-7-9-11-13-15-17-18-19-20-21-22-23-24-26-27-29-31-33-35-37-44(50)58-39-42(40-59-49-48(54)47(53)46(52)43(61-49)41-62(55,56)57)60-45(51)38-36-34-32-30-28-25-16-14-12-10-8-6-4-2/h6,8,10,12,14,16,21-22,25,28,42-43,46-49,52-54H,3-5,7,9,11,13,15,17-20,23-24,26-27,29-41H2,1-2H3,(H,55,56,57)/b8-6+,12-10+,16-14+,22-21+,28-25+/t42?,43-,46-,47?,48?,49+/m1/s1. The van der Waals surface area contributed by atoms with Gasteiger partial charge in [0.15, 0.2) is 12.4 Å². The van der Waals surface area contributed by atoms with E-state index < -0.39 is 71.2 Å². The van der Waals surface area contributed by atoms with Gasteiger partial charge in [0.1, 0.15) is 36.8 Å². The van der Waals surface area contributed by atoms with E-state index in [0.717, 1.165) is 51.4 Å². The molecule has 0 aliphatic carbocycles. The first-order valence-corrected chi connectivity index (χ1v) is 25.5. The molecule has 12 nitrogen and oxygen atoms in total. The number of rotatable bonds is 39. The van der Waals surface area contributed by atoms with E-state index in [-0.39, 0.29) is 19.4 Å². The van der Waals surface area contributed by atoms with Crippen LogP contribution in [0.25, 0.3) is 0 Å². The summed E-state index contributed by atoms with van der Waals surface area (Å²) in [6.45, 7) is 3.58. The van der Waals surface area contributed by atoms with E-state index >= 15 is 0 Å². The number of allylic oxidation sites excluding steroid dienone is 10. The second-order valence-corrected chi connectivity index (χ2v) is 18.0. The third-order valence-corrected chi connectivity index (χ3v) is 11.4. The van der Waals surface area contributed by atoms with Gasteiger partial charge in [-0.1, -0.05) is 171 Å². The van der Waals surface area contributed by atoms with Crippen molar-refractivity contribution in [2.24, 2.45) is 0 Å². The molecular weight excluding hydrogens is 813 g/mol. The van der Waals surface area contributed by atoms with Crippen LogP contribution in [0.2, 0.25) is 0 Å². The molecule has 0 aromatic carbocycles. The van der Waals surface area contributed by atoms with E-state index in [1.54, 1.807) is 0 Å². The van der Waals surface area contributed by atoms with Crippen LogP contribution in [0.1, 0.15) is 181 Å². The molecule has 0 spiro atoms. The molecule has 0 aromatic rings. The average Bonchev–Trinajstić information content (AvgIpc) is 3.24. The highest BCUT2D eigenvalue weighted by Crippen LogP contribution is 2.24. The maximum absolute atomic E-state index is 12.8. The minimum Gasteiger partial charge on any atom is -0.462 e. The van der Waals surface area contributed by atoms with Crippen LogP contribution in [0.5, 0.6) is 0 Å². The maximum Gasteiger partial charge on any atom is 0.306 e. The SMILES string of the molecule is CC/C=C/C=C/C=C/C=C/CCCCCC(=O)OC(COC(=O)CCCCCCCCC/C=C/CCCCCCCCCCCC)CO[C@H]1O[C@H](CS(=O)(=O)O)[C@@H](O)C(O)C1O. The molecule has 13 heteroatoms. The number of hydrogen-bond acceptors (Lipinski definition) is 11. The van der Waals surface area contributed by atoms with Crippen LogP contribution < -0.4 is 0 Å². The monoisotopic (exact) mass is 897 g/mol. The number of unbranched alkanes of at least 4 members (excludes halogenated alkanes) is 20. The molecule has 1 aliphatic heterocycles. The minimum absolute atomic E-state index is 0.115. The maximum atomic E-state index is 12.8. The van der Waals surface area contributed by atoms with Crippen molar-refractivity contribution < 1.29 is 56.8 Å². The number of aliphatic hydroxyl groups is 3. The zero-order chi connectivity index (χ0) is 45.5. The van der Waals surface area contributed by atoms with Crippen LogP contribution in [0.4, 0.5) is 0 Å². The molecule has 1 saturated heterocycles. The van der Waals surface area contributed by atoms with Crippen molar-refractivity contribution in [1.29, 1.82) is 0 Å². The number of aliphatic hydroxyl groups excluding tert-OH is 3. The van der Waals surface area contributed by atoms with Gasteiger partial charge < -0.3 is 34.3 Å². The van der Waals surface area contributed by atoms with Crippen LogP contribution in [-0.2, 0) is 38.7 Å². The summed E-state index contributed by atoms with van der Waals surface area (Å²) in [7, 11) is -4.61. The molecule has 62 heavy (non-hydrogen) atoms. The molecule has 1 aliphatic rings.